The molecule has 0 atom stereocenters. The lowest BCUT2D eigenvalue weighted by atomic mass is 9.86. The minimum absolute atomic E-state index is 0.0355. The van der Waals surface area contributed by atoms with Crippen molar-refractivity contribution in [3.63, 3.8) is 0 Å². The highest BCUT2D eigenvalue weighted by Gasteiger charge is 2.62. The van der Waals surface area contributed by atoms with E-state index in [1.807, 2.05) is 24.3 Å². The molecule has 0 spiro atoms. The highest BCUT2D eigenvalue weighted by atomic mass is 19.4. The number of carbonyl (C=O) groups is 1. The molecule has 1 amide bonds. The van der Waals surface area contributed by atoms with E-state index in [1.165, 1.54) is 0 Å². The number of nitrogens with zero attached hydrogens (tertiary/aromatic N) is 2. The lowest BCUT2D eigenvalue weighted by Crippen LogP contribution is -2.44. The van der Waals surface area contributed by atoms with Crippen LogP contribution in [0.1, 0.15) is 49.7 Å². The van der Waals surface area contributed by atoms with Crippen LogP contribution in [0.2, 0.25) is 0 Å². The highest BCUT2D eigenvalue weighted by molar-refractivity contribution is 5.99. The Labute approximate surface area is 196 Å². The molecule has 5 rings (SSSR count). The Balaban J connectivity index is 1.43. The van der Waals surface area contributed by atoms with Crippen molar-refractivity contribution in [2.45, 2.75) is 69.4 Å². The standard InChI is InChI=1S/C25H29F3N4O2/c1-34-19-7-5-17(6-8-19)23(33)32-15-18-3-2-12-29-22(18)31-20-9-4-16(13-21(20)32)14-30-24(10-11-24)25(26,27)28/h2-4,9,12-13,17,19,30H,5-8,10-11,14-15H2,1H3,(H,29,31)/t17-,19-. The number of nitrogens with one attached hydrogen (secondary N) is 2. The second kappa shape index (κ2) is 8.85. The average molecular weight is 475 g/mol. The van der Waals surface area contributed by atoms with Crippen molar-refractivity contribution >= 4 is 23.1 Å². The smallest absolute Gasteiger partial charge is 0.381 e. The van der Waals surface area contributed by atoms with E-state index in [1.54, 1.807) is 24.3 Å². The quantitative estimate of drug-likeness (QED) is 0.634. The fraction of sp³-hybridized carbons (Fsp3) is 0.520. The van der Waals surface area contributed by atoms with Gasteiger partial charge in [-0.25, -0.2) is 4.98 Å². The first-order valence-corrected chi connectivity index (χ1v) is 11.8. The van der Waals surface area contributed by atoms with Crippen LogP contribution < -0.4 is 15.5 Å². The van der Waals surface area contributed by atoms with Crippen molar-refractivity contribution in [3.05, 3.63) is 47.7 Å². The number of halogens is 3. The van der Waals surface area contributed by atoms with Crippen LogP contribution in [0.3, 0.4) is 0 Å². The normalized spacial score (nSPS) is 23.4. The molecule has 1 aromatic heterocycles. The number of benzene rings is 1. The Hall–Kier alpha value is -2.65. The van der Waals surface area contributed by atoms with Gasteiger partial charge in [-0.3, -0.25) is 10.1 Å². The van der Waals surface area contributed by atoms with Crippen LogP contribution in [0.5, 0.6) is 0 Å². The van der Waals surface area contributed by atoms with E-state index in [0.29, 0.717) is 23.6 Å². The summed E-state index contributed by atoms with van der Waals surface area (Å²) in [4.78, 5) is 19.9. The molecule has 2 saturated carbocycles. The second-order valence-corrected chi connectivity index (χ2v) is 9.55. The van der Waals surface area contributed by atoms with Crippen LogP contribution in [-0.4, -0.2) is 35.8 Å². The van der Waals surface area contributed by atoms with Gasteiger partial charge in [0.2, 0.25) is 5.91 Å². The summed E-state index contributed by atoms with van der Waals surface area (Å²) in [5, 5.41) is 6.03. The van der Waals surface area contributed by atoms with Crippen molar-refractivity contribution < 1.29 is 22.7 Å². The van der Waals surface area contributed by atoms with Crippen LogP contribution in [0, 0.1) is 5.92 Å². The number of ether oxygens (including phenoxy) is 1. The number of alkyl halides is 3. The van der Waals surface area contributed by atoms with Crippen molar-refractivity contribution in [2.24, 2.45) is 5.92 Å². The van der Waals surface area contributed by atoms with E-state index in [0.717, 1.165) is 36.9 Å². The third-order valence-corrected chi connectivity index (χ3v) is 7.37. The van der Waals surface area contributed by atoms with Gasteiger partial charge in [-0.15, -0.1) is 0 Å². The minimum Gasteiger partial charge on any atom is -0.381 e. The zero-order chi connectivity index (χ0) is 23.9. The maximum Gasteiger partial charge on any atom is 0.406 e. The van der Waals surface area contributed by atoms with Gasteiger partial charge >= 0.3 is 6.18 Å². The van der Waals surface area contributed by atoms with Gasteiger partial charge in [0.25, 0.3) is 0 Å². The molecule has 2 heterocycles. The molecule has 3 aliphatic rings. The zero-order valence-corrected chi connectivity index (χ0v) is 19.1. The first-order valence-electron chi connectivity index (χ1n) is 11.8. The molecule has 0 saturated heterocycles. The Bertz CT molecular complexity index is 1060. The zero-order valence-electron chi connectivity index (χ0n) is 19.1. The number of rotatable bonds is 5. The van der Waals surface area contributed by atoms with Gasteiger partial charge in [-0.1, -0.05) is 12.1 Å². The molecule has 1 aliphatic heterocycles. The second-order valence-electron chi connectivity index (χ2n) is 9.55. The molecule has 2 N–H and O–H groups in total. The monoisotopic (exact) mass is 474 g/mol. The molecular formula is C25H29F3N4O2. The molecule has 0 radical (unpaired) electrons. The number of fused-ring (bicyclic) bond motifs is 2. The number of pyridine rings is 1. The Kier molecular flexibility index (Phi) is 6.02. The Morgan fingerprint density at radius 2 is 2.00 bits per heavy atom. The molecular weight excluding hydrogens is 445 g/mol. The number of amides is 1. The first-order chi connectivity index (χ1) is 16.3. The topological polar surface area (TPSA) is 66.5 Å². The largest absolute Gasteiger partial charge is 0.406 e. The summed E-state index contributed by atoms with van der Waals surface area (Å²) in [6.45, 7) is 0.439. The van der Waals surface area contributed by atoms with Crippen LogP contribution in [0.4, 0.5) is 30.4 Å². The number of aromatic nitrogens is 1. The maximum atomic E-state index is 13.7. The number of methoxy groups -OCH3 is 1. The van der Waals surface area contributed by atoms with Gasteiger partial charge in [-0.2, -0.15) is 13.2 Å². The van der Waals surface area contributed by atoms with Crippen molar-refractivity contribution in [1.82, 2.24) is 10.3 Å². The van der Waals surface area contributed by atoms with Gasteiger partial charge in [0.05, 0.1) is 24.0 Å². The van der Waals surface area contributed by atoms with E-state index in [9.17, 15) is 18.0 Å². The van der Waals surface area contributed by atoms with E-state index in [4.69, 9.17) is 4.74 Å². The van der Waals surface area contributed by atoms with Crippen molar-refractivity contribution in [2.75, 3.05) is 17.3 Å². The summed E-state index contributed by atoms with van der Waals surface area (Å²) in [7, 11) is 1.70. The van der Waals surface area contributed by atoms with Crippen LogP contribution in [0.15, 0.2) is 36.5 Å². The van der Waals surface area contributed by atoms with Gasteiger partial charge < -0.3 is 15.0 Å². The predicted octanol–water partition coefficient (Wildman–Crippen LogP) is 5.06. The molecule has 9 heteroatoms. The average Bonchev–Trinajstić information content (AvgIpc) is 3.65. The SMILES string of the molecule is CO[C@H]1CC[C@H](C(=O)N2Cc3cccnc3Nc3ccc(CNC4(C(F)(F)F)CC4)cc32)CC1. The number of hydrogen-bond donors (Lipinski definition) is 2. The molecule has 34 heavy (non-hydrogen) atoms. The molecule has 0 unspecified atom stereocenters. The summed E-state index contributed by atoms with van der Waals surface area (Å²) in [5.74, 6) is 0.606. The maximum absolute atomic E-state index is 13.7. The molecule has 6 nitrogen and oxygen atoms in total. The highest BCUT2D eigenvalue weighted by Crippen LogP contribution is 2.49. The molecule has 0 bridgehead atoms. The molecule has 2 fully saturated rings. The lowest BCUT2D eigenvalue weighted by Gasteiger charge is -2.32. The third-order valence-electron chi connectivity index (χ3n) is 7.37. The van der Waals surface area contributed by atoms with E-state index in [-0.39, 0.29) is 37.3 Å². The van der Waals surface area contributed by atoms with Crippen LogP contribution in [0.25, 0.3) is 0 Å². The van der Waals surface area contributed by atoms with E-state index >= 15 is 0 Å². The summed E-state index contributed by atoms with van der Waals surface area (Å²) < 4.78 is 45.5. The van der Waals surface area contributed by atoms with E-state index < -0.39 is 11.7 Å². The third kappa shape index (κ3) is 4.38. The van der Waals surface area contributed by atoms with Crippen LogP contribution in [-0.2, 0) is 22.6 Å². The van der Waals surface area contributed by atoms with Crippen LogP contribution >= 0.6 is 0 Å². The molecule has 2 aliphatic carbocycles. The van der Waals surface area contributed by atoms with Gasteiger partial charge in [-0.05, 0) is 62.3 Å². The first kappa shape index (κ1) is 23.1. The summed E-state index contributed by atoms with van der Waals surface area (Å²) in [5.41, 5.74) is 1.21. The minimum atomic E-state index is -4.27. The van der Waals surface area contributed by atoms with E-state index in [2.05, 4.69) is 15.6 Å². The van der Waals surface area contributed by atoms with Gasteiger partial charge in [0.15, 0.2) is 0 Å². The number of anilines is 3. The Morgan fingerprint density at radius 3 is 2.68 bits per heavy atom. The van der Waals surface area contributed by atoms with Gasteiger partial charge in [0, 0.05) is 31.3 Å². The molecule has 2 aromatic rings. The Morgan fingerprint density at radius 1 is 1.24 bits per heavy atom. The predicted molar refractivity (Wildman–Crippen MR) is 123 cm³/mol. The fourth-order valence-electron chi connectivity index (χ4n) is 5.00. The summed E-state index contributed by atoms with van der Waals surface area (Å²) in [6, 6.07) is 9.22. The summed E-state index contributed by atoms with van der Waals surface area (Å²) >= 11 is 0. The number of carbonyl (C=O) groups excluding carboxylic acids is 1. The van der Waals surface area contributed by atoms with Crippen molar-refractivity contribution in [3.8, 4) is 0 Å². The van der Waals surface area contributed by atoms with Gasteiger partial charge in [0.1, 0.15) is 11.4 Å². The number of hydrogen-bond acceptors (Lipinski definition) is 5. The van der Waals surface area contributed by atoms with Crippen molar-refractivity contribution in [1.29, 1.82) is 0 Å². The molecule has 1 aromatic carbocycles. The summed E-state index contributed by atoms with van der Waals surface area (Å²) in [6.07, 6.45) is 1.000. The fourth-order valence-corrected chi connectivity index (χ4v) is 5.00. The molecule has 182 valence electrons. The lowest BCUT2D eigenvalue weighted by molar-refractivity contribution is -0.166.